The molecule has 3 nitrogen and oxygen atoms in total. The van der Waals surface area contributed by atoms with E-state index in [1.807, 2.05) is 24.3 Å². The Labute approximate surface area is 89.0 Å². The lowest BCUT2D eigenvalue weighted by Gasteiger charge is -1.98. The molecule has 2 aromatic rings. The molecule has 70 valence electrons. The van der Waals surface area contributed by atoms with Crippen LogP contribution in [0, 0.1) is 0 Å². The van der Waals surface area contributed by atoms with E-state index in [0.29, 0.717) is 5.69 Å². The van der Waals surface area contributed by atoms with Crippen molar-refractivity contribution in [3.8, 4) is 11.3 Å². The SMILES string of the molecule is O=c1cc(-c2ccc(Br)cc2)nc[nH]1. The van der Waals surface area contributed by atoms with Crippen LogP contribution in [0.15, 0.2) is 45.9 Å². The zero-order valence-corrected chi connectivity index (χ0v) is 8.78. The number of aromatic amines is 1. The summed E-state index contributed by atoms with van der Waals surface area (Å²) in [5, 5.41) is 0. The molecule has 0 unspecified atom stereocenters. The maximum atomic E-state index is 11.0. The average molecular weight is 251 g/mol. The van der Waals surface area contributed by atoms with Gasteiger partial charge in [-0.1, -0.05) is 28.1 Å². The van der Waals surface area contributed by atoms with Crippen molar-refractivity contribution >= 4 is 15.9 Å². The first-order valence-electron chi connectivity index (χ1n) is 4.06. The molecule has 14 heavy (non-hydrogen) atoms. The minimum atomic E-state index is -0.141. The van der Waals surface area contributed by atoms with Crippen molar-refractivity contribution in [1.29, 1.82) is 0 Å². The highest BCUT2D eigenvalue weighted by Gasteiger charge is 1.98. The molecule has 1 aromatic heterocycles. The van der Waals surface area contributed by atoms with Crippen molar-refractivity contribution in [2.24, 2.45) is 0 Å². The molecule has 0 aliphatic carbocycles. The lowest BCUT2D eigenvalue weighted by atomic mass is 10.1. The number of halogens is 1. The molecule has 0 aliphatic rings. The molecule has 0 spiro atoms. The lowest BCUT2D eigenvalue weighted by molar-refractivity contribution is 1.12. The Kier molecular flexibility index (Phi) is 2.45. The first kappa shape index (κ1) is 9.15. The zero-order chi connectivity index (χ0) is 9.97. The summed E-state index contributed by atoms with van der Waals surface area (Å²) in [5.41, 5.74) is 1.47. The van der Waals surface area contributed by atoms with E-state index < -0.39 is 0 Å². The summed E-state index contributed by atoms with van der Waals surface area (Å²) in [6, 6.07) is 9.12. The van der Waals surface area contributed by atoms with Crippen LogP contribution in [-0.2, 0) is 0 Å². The molecule has 0 amide bonds. The van der Waals surface area contributed by atoms with E-state index >= 15 is 0 Å². The Hall–Kier alpha value is -1.42. The van der Waals surface area contributed by atoms with Crippen LogP contribution in [0.5, 0.6) is 0 Å². The number of hydrogen-bond donors (Lipinski definition) is 1. The van der Waals surface area contributed by atoms with Gasteiger partial charge in [0.05, 0.1) is 12.0 Å². The van der Waals surface area contributed by atoms with Crippen LogP contribution in [0.1, 0.15) is 0 Å². The zero-order valence-electron chi connectivity index (χ0n) is 7.20. The summed E-state index contributed by atoms with van der Waals surface area (Å²) in [5.74, 6) is 0. The Bertz CT molecular complexity index is 490. The third kappa shape index (κ3) is 1.90. The Balaban J connectivity index is 2.50. The smallest absolute Gasteiger partial charge is 0.251 e. The monoisotopic (exact) mass is 250 g/mol. The highest BCUT2D eigenvalue weighted by Crippen LogP contribution is 2.17. The second-order valence-corrected chi connectivity index (χ2v) is 3.72. The van der Waals surface area contributed by atoms with E-state index in [0.717, 1.165) is 10.0 Å². The third-order valence-electron chi connectivity index (χ3n) is 1.82. The molecule has 0 saturated carbocycles. The van der Waals surface area contributed by atoms with Crippen LogP contribution >= 0.6 is 15.9 Å². The second kappa shape index (κ2) is 3.75. The van der Waals surface area contributed by atoms with Gasteiger partial charge in [-0.3, -0.25) is 4.79 Å². The molecule has 0 bridgehead atoms. The Morgan fingerprint density at radius 1 is 1.21 bits per heavy atom. The molecule has 0 aliphatic heterocycles. The summed E-state index contributed by atoms with van der Waals surface area (Å²) in [6.07, 6.45) is 1.40. The van der Waals surface area contributed by atoms with Crippen LogP contribution < -0.4 is 5.56 Å². The fourth-order valence-electron chi connectivity index (χ4n) is 1.15. The fourth-order valence-corrected chi connectivity index (χ4v) is 1.41. The van der Waals surface area contributed by atoms with E-state index in [1.54, 1.807) is 0 Å². The van der Waals surface area contributed by atoms with Gasteiger partial charge < -0.3 is 4.98 Å². The summed E-state index contributed by atoms with van der Waals surface area (Å²) in [6.45, 7) is 0. The van der Waals surface area contributed by atoms with E-state index in [1.165, 1.54) is 12.4 Å². The van der Waals surface area contributed by atoms with Crippen LogP contribution in [-0.4, -0.2) is 9.97 Å². The molecule has 0 saturated heterocycles. The molecule has 0 atom stereocenters. The minimum absolute atomic E-state index is 0.141. The Morgan fingerprint density at radius 3 is 2.57 bits per heavy atom. The fraction of sp³-hybridized carbons (Fsp3) is 0. The Morgan fingerprint density at radius 2 is 1.93 bits per heavy atom. The molecule has 1 heterocycles. The van der Waals surface area contributed by atoms with E-state index in [4.69, 9.17) is 0 Å². The minimum Gasteiger partial charge on any atom is -0.313 e. The number of nitrogens with one attached hydrogen (secondary N) is 1. The van der Waals surface area contributed by atoms with E-state index in [9.17, 15) is 4.79 Å². The largest absolute Gasteiger partial charge is 0.313 e. The van der Waals surface area contributed by atoms with Gasteiger partial charge in [0, 0.05) is 16.1 Å². The number of hydrogen-bond acceptors (Lipinski definition) is 2. The molecule has 1 aromatic carbocycles. The molecular weight excluding hydrogens is 244 g/mol. The van der Waals surface area contributed by atoms with Crippen LogP contribution in [0.2, 0.25) is 0 Å². The predicted molar refractivity (Wildman–Crippen MR) is 58.0 cm³/mol. The van der Waals surface area contributed by atoms with E-state index in [-0.39, 0.29) is 5.56 Å². The third-order valence-corrected chi connectivity index (χ3v) is 2.35. The van der Waals surface area contributed by atoms with Gasteiger partial charge in [0.25, 0.3) is 5.56 Å². The van der Waals surface area contributed by atoms with Crippen molar-refractivity contribution in [2.45, 2.75) is 0 Å². The van der Waals surface area contributed by atoms with Crippen molar-refractivity contribution in [3.05, 3.63) is 51.5 Å². The maximum absolute atomic E-state index is 11.0. The second-order valence-electron chi connectivity index (χ2n) is 2.80. The van der Waals surface area contributed by atoms with Gasteiger partial charge in [-0.25, -0.2) is 4.98 Å². The lowest BCUT2D eigenvalue weighted by Crippen LogP contribution is -2.04. The maximum Gasteiger partial charge on any atom is 0.251 e. The van der Waals surface area contributed by atoms with Crippen molar-refractivity contribution in [3.63, 3.8) is 0 Å². The quantitative estimate of drug-likeness (QED) is 0.844. The van der Waals surface area contributed by atoms with Gasteiger partial charge in [-0.15, -0.1) is 0 Å². The van der Waals surface area contributed by atoms with Crippen LogP contribution in [0.3, 0.4) is 0 Å². The molecular formula is C10H7BrN2O. The highest BCUT2D eigenvalue weighted by atomic mass is 79.9. The van der Waals surface area contributed by atoms with E-state index in [2.05, 4.69) is 25.9 Å². The van der Waals surface area contributed by atoms with Gasteiger partial charge in [0.15, 0.2) is 0 Å². The normalized spacial score (nSPS) is 10.1. The van der Waals surface area contributed by atoms with Gasteiger partial charge in [0.1, 0.15) is 0 Å². The number of nitrogens with zero attached hydrogens (tertiary/aromatic N) is 1. The molecule has 0 radical (unpaired) electrons. The first-order valence-corrected chi connectivity index (χ1v) is 4.86. The van der Waals surface area contributed by atoms with Crippen molar-refractivity contribution in [1.82, 2.24) is 9.97 Å². The van der Waals surface area contributed by atoms with Crippen molar-refractivity contribution < 1.29 is 0 Å². The standard InChI is InChI=1S/C10H7BrN2O/c11-8-3-1-7(2-4-8)9-5-10(14)13-6-12-9/h1-6H,(H,12,13,14). The van der Waals surface area contributed by atoms with Crippen LogP contribution in [0.25, 0.3) is 11.3 Å². The molecule has 4 heteroatoms. The predicted octanol–water partition coefficient (Wildman–Crippen LogP) is 2.20. The number of aromatic nitrogens is 2. The molecule has 1 N–H and O–H groups in total. The van der Waals surface area contributed by atoms with Gasteiger partial charge >= 0.3 is 0 Å². The van der Waals surface area contributed by atoms with Gasteiger partial charge in [-0.05, 0) is 12.1 Å². The summed E-state index contributed by atoms with van der Waals surface area (Å²) < 4.78 is 1.01. The topological polar surface area (TPSA) is 45.8 Å². The summed E-state index contributed by atoms with van der Waals surface area (Å²) in [4.78, 5) is 17.6. The van der Waals surface area contributed by atoms with Gasteiger partial charge in [-0.2, -0.15) is 0 Å². The highest BCUT2D eigenvalue weighted by molar-refractivity contribution is 9.10. The number of rotatable bonds is 1. The number of H-pyrrole nitrogens is 1. The number of benzene rings is 1. The first-order chi connectivity index (χ1) is 6.75. The van der Waals surface area contributed by atoms with Crippen LogP contribution in [0.4, 0.5) is 0 Å². The molecule has 0 fully saturated rings. The molecule has 2 rings (SSSR count). The summed E-state index contributed by atoms with van der Waals surface area (Å²) in [7, 11) is 0. The van der Waals surface area contributed by atoms with Crippen molar-refractivity contribution in [2.75, 3.05) is 0 Å². The average Bonchev–Trinajstić information content (AvgIpc) is 2.19. The summed E-state index contributed by atoms with van der Waals surface area (Å²) >= 11 is 3.34. The van der Waals surface area contributed by atoms with Gasteiger partial charge in [0.2, 0.25) is 0 Å².